The molecule has 12 nitrogen and oxygen atoms in total. The number of hydrogen-bond donors (Lipinski definition) is 3. The first-order valence-corrected chi connectivity index (χ1v) is 15.2. The van der Waals surface area contributed by atoms with Gasteiger partial charge in [0, 0.05) is 13.0 Å². The van der Waals surface area contributed by atoms with E-state index in [1.807, 2.05) is 27.7 Å². The van der Waals surface area contributed by atoms with E-state index in [4.69, 9.17) is 24.3 Å². The molecule has 0 bridgehead atoms. The first kappa shape index (κ1) is 33.5. The molecule has 39 heavy (non-hydrogen) atoms. The average Bonchev–Trinajstić information content (AvgIpc) is 3.30. The summed E-state index contributed by atoms with van der Waals surface area (Å²) in [7, 11) is -2.93. The normalized spacial score (nSPS) is 18.8. The molecule has 0 saturated heterocycles. The van der Waals surface area contributed by atoms with Crippen molar-refractivity contribution in [2.45, 2.75) is 117 Å². The fourth-order valence-corrected chi connectivity index (χ4v) is 5.87. The number of imidazole rings is 1. The molecule has 0 aliphatic rings. The number of nitrogens with two attached hydrogens (primary N) is 1. The number of aliphatic hydroxyl groups is 1. The van der Waals surface area contributed by atoms with Crippen LogP contribution >= 0.6 is 7.82 Å². The van der Waals surface area contributed by atoms with Crippen molar-refractivity contribution in [1.82, 2.24) is 19.5 Å². The third kappa shape index (κ3) is 9.18. The molecule has 4 N–H and O–H groups in total. The summed E-state index contributed by atoms with van der Waals surface area (Å²) in [5, 5.41) is 11.7. The molecule has 0 spiro atoms. The maximum absolute atomic E-state index is 12.9. The van der Waals surface area contributed by atoms with Crippen LogP contribution in [0.15, 0.2) is 12.7 Å². The van der Waals surface area contributed by atoms with Gasteiger partial charge >= 0.3 is 7.82 Å². The van der Waals surface area contributed by atoms with Gasteiger partial charge in [0.1, 0.15) is 17.9 Å². The summed E-state index contributed by atoms with van der Waals surface area (Å²) in [5.41, 5.74) is 5.34. The van der Waals surface area contributed by atoms with Crippen LogP contribution in [0.1, 0.15) is 93.2 Å². The predicted molar refractivity (Wildman–Crippen MR) is 150 cm³/mol. The summed E-state index contributed by atoms with van der Waals surface area (Å²) < 4.78 is 37.7. The Balaban J connectivity index is 2.33. The van der Waals surface area contributed by atoms with E-state index in [1.54, 1.807) is 18.4 Å². The van der Waals surface area contributed by atoms with Crippen molar-refractivity contribution in [3.05, 3.63) is 12.7 Å². The van der Waals surface area contributed by atoms with Gasteiger partial charge in [-0.1, -0.05) is 47.0 Å². The van der Waals surface area contributed by atoms with Crippen molar-refractivity contribution >= 4 is 24.8 Å². The third-order valence-corrected chi connectivity index (χ3v) is 8.19. The van der Waals surface area contributed by atoms with Crippen LogP contribution in [-0.2, 0) is 23.1 Å². The van der Waals surface area contributed by atoms with Crippen molar-refractivity contribution in [2.75, 3.05) is 19.5 Å². The second-order valence-corrected chi connectivity index (χ2v) is 12.4. The summed E-state index contributed by atoms with van der Waals surface area (Å²) in [5.74, 6) is -0.324. The summed E-state index contributed by atoms with van der Waals surface area (Å²) in [6, 6.07) is 0. The number of unbranched alkanes of at least 4 members (excludes halogenated alkanes) is 1. The van der Waals surface area contributed by atoms with Crippen LogP contribution in [0, 0.1) is 5.92 Å². The lowest BCUT2D eigenvalue weighted by atomic mass is 9.95. The number of nitrogen functional groups attached to an aromatic ring is 1. The van der Waals surface area contributed by atoms with Crippen LogP contribution in [0.2, 0.25) is 0 Å². The molecular formula is C26H48N5O7P. The SMILES string of the molecule is CCCCC(C)(C)OC(C(C)COP(=O)(O)OC(C)(CC)CCC)C(O)C(OC)n1cnc2c(N)ncnc21. The number of phosphoric acid groups is 1. The molecule has 0 aromatic carbocycles. The van der Waals surface area contributed by atoms with E-state index in [0.717, 1.165) is 25.7 Å². The quantitative estimate of drug-likeness (QED) is 0.205. The fraction of sp³-hybridized carbons (Fsp3) is 0.808. The second-order valence-electron chi connectivity index (χ2n) is 11.0. The van der Waals surface area contributed by atoms with Crippen molar-refractivity contribution in [3.63, 3.8) is 0 Å². The standard InChI is InChI=1S/C26H48N5O7P/c1-9-12-14-25(5,6)37-21(18(4)15-36-39(33,34)38-26(7,11-3)13-10-2)20(32)24(35-8)31-17-30-19-22(27)28-16-29-23(19)31/h16-18,20-21,24,32H,9-15H2,1-8H3,(H,33,34)(H2,27,28,29). The lowest BCUT2D eigenvalue weighted by molar-refractivity contribution is -0.187. The zero-order valence-corrected chi connectivity index (χ0v) is 25.6. The number of anilines is 1. The first-order chi connectivity index (χ1) is 18.2. The Morgan fingerprint density at radius 3 is 2.41 bits per heavy atom. The summed E-state index contributed by atoms with van der Waals surface area (Å²) >= 11 is 0. The Labute approximate surface area is 232 Å². The molecule has 224 valence electrons. The fourth-order valence-electron chi connectivity index (χ4n) is 4.62. The Kier molecular flexibility index (Phi) is 12.3. The molecule has 2 aromatic heterocycles. The van der Waals surface area contributed by atoms with Crippen molar-refractivity contribution < 1.29 is 33.1 Å². The Bertz CT molecular complexity index is 1080. The van der Waals surface area contributed by atoms with Crippen molar-refractivity contribution in [1.29, 1.82) is 0 Å². The number of phosphoric ester groups is 1. The number of ether oxygens (including phenoxy) is 2. The highest BCUT2D eigenvalue weighted by Gasteiger charge is 2.40. The number of rotatable bonds is 18. The third-order valence-electron chi connectivity index (χ3n) is 7.04. The predicted octanol–water partition coefficient (Wildman–Crippen LogP) is 5.01. The number of nitrogens with zero attached hydrogens (tertiary/aromatic N) is 4. The molecule has 0 aliphatic carbocycles. The minimum Gasteiger partial charge on any atom is -0.386 e. The van der Waals surface area contributed by atoms with Gasteiger partial charge in [0.05, 0.1) is 30.2 Å². The van der Waals surface area contributed by atoms with E-state index in [1.165, 1.54) is 19.8 Å². The van der Waals surface area contributed by atoms with Gasteiger partial charge in [0.25, 0.3) is 0 Å². The smallest absolute Gasteiger partial charge is 0.386 e. The number of fused-ring (bicyclic) bond motifs is 1. The van der Waals surface area contributed by atoms with Gasteiger partial charge in [0.15, 0.2) is 17.7 Å². The zero-order valence-electron chi connectivity index (χ0n) is 24.7. The molecular weight excluding hydrogens is 525 g/mol. The topological polar surface area (TPSA) is 164 Å². The molecule has 13 heteroatoms. The number of aliphatic hydroxyl groups excluding tert-OH is 1. The largest absolute Gasteiger partial charge is 0.472 e. The van der Waals surface area contributed by atoms with Crippen LogP contribution < -0.4 is 5.73 Å². The number of hydrogen-bond acceptors (Lipinski definition) is 10. The summed E-state index contributed by atoms with van der Waals surface area (Å²) in [6.45, 7) is 13.3. The van der Waals surface area contributed by atoms with Crippen LogP contribution in [0.4, 0.5) is 5.82 Å². The molecule has 0 amide bonds. The van der Waals surface area contributed by atoms with Crippen molar-refractivity contribution in [2.24, 2.45) is 5.92 Å². The van der Waals surface area contributed by atoms with Gasteiger partial charge in [-0.15, -0.1) is 0 Å². The molecule has 0 fully saturated rings. The van der Waals surface area contributed by atoms with E-state index >= 15 is 0 Å². The summed E-state index contributed by atoms with van der Waals surface area (Å²) in [6.07, 6.45) is 4.39. The van der Waals surface area contributed by atoms with E-state index in [0.29, 0.717) is 24.0 Å². The molecule has 0 radical (unpaired) electrons. The molecule has 2 aromatic rings. The lowest BCUT2D eigenvalue weighted by Crippen LogP contribution is -2.47. The average molecular weight is 574 g/mol. The van der Waals surface area contributed by atoms with Gasteiger partial charge in [-0.2, -0.15) is 0 Å². The Morgan fingerprint density at radius 1 is 1.13 bits per heavy atom. The molecule has 0 aliphatic heterocycles. The van der Waals surface area contributed by atoms with Crippen LogP contribution in [0.25, 0.3) is 11.2 Å². The van der Waals surface area contributed by atoms with Gasteiger partial charge in [-0.05, 0) is 40.0 Å². The van der Waals surface area contributed by atoms with Crippen LogP contribution in [0.3, 0.4) is 0 Å². The number of methoxy groups -OCH3 is 1. The van der Waals surface area contributed by atoms with Gasteiger partial charge in [0.2, 0.25) is 0 Å². The molecule has 2 heterocycles. The zero-order chi connectivity index (χ0) is 29.4. The minimum atomic E-state index is -4.38. The minimum absolute atomic E-state index is 0.193. The Hall–Kier alpha value is -1.66. The highest BCUT2D eigenvalue weighted by molar-refractivity contribution is 7.47. The van der Waals surface area contributed by atoms with Crippen LogP contribution in [-0.4, -0.2) is 66.6 Å². The van der Waals surface area contributed by atoms with Crippen molar-refractivity contribution in [3.8, 4) is 0 Å². The Morgan fingerprint density at radius 2 is 1.82 bits per heavy atom. The van der Waals surface area contributed by atoms with Gasteiger partial charge in [-0.25, -0.2) is 19.5 Å². The number of aromatic nitrogens is 4. The lowest BCUT2D eigenvalue weighted by Gasteiger charge is -2.39. The van der Waals surface area contributed by atoms with Gasteiger partial charge in [-0.3, -0.25) is 13.6 Å². The first-order valence-electron chi connectivity index (χ1n) is 13.7. The highest BCUT2D eigenvalue weighted by Crippen LogP contribution is 2.50. The van der Waals surface area contributed by atoms with E-state index in [9.17, 15) is 14.6 Å². The monoisotopic (exact) mass is 573 g/mol. The van der Waals surface area contributed by atoms with Crippen LogP contribution in [0.5, 0.6) is 0 Å². The summed E-state index contributed by atoms with van der Waals surface area (Å²) in [4.78, 5) is 23.0. The van der Waals surface area contributed by atoms with Gasteiger partial charge < -0.3 is 25.2 Å². The molecule has 6 atom stereocenters. The maximum atomic E-state index is 12.9. The maximum Gasteiger partial charge on any atom is 0.472 e. The molecule has 2 rings (SSSR count). The second kappa shape index (κ2) is 14.3. The molecule has 6 unspecified atom stereocenters. The van der Waals surface area contributed by atoms with E-state index < -0.39 is 43.4 Å². The van der Waals surface area contributed by atoms with E-state index in [2.05, 4.69) is 21.9 Å². The molecule has 0 saturated carbocycles. The highest BCUT2D eigenvalue weighted by atomic mass is 31.2. The van der Waals surface area contributed by atoms with E-state index in [-0.39, 0.29) is 12.4 Å².